The molecule has 0 spiro atoms. The maximum atomic E-state index is 5.81. The number of oxazole rings is 1. The van der Waals surface area contributed by atoms with Crippen LogP contribution >= 0.6 is 0 Å². The van der Waals surface area contributed by atoms with Gasteiger partial charge in [0.2, 0.25) is 5.89 Å². The number of hydrogen-bond acceptors (Lipinski definition) is 2. The number of fused-ring (bicyclic) bond motifs is 1. The van der Waals surface area contributed by atoms with Crippen LogP contribution in [-0.4, -0.2) is 4.98 Å². The molecule has 0 bridgehead atoms. The fraction of sp³-hybridized carbons (Fsp3) is 0.200. The molecule has 0 aliphatic heterocycles. The fourth-order valence-electron chi connectivity index (χ4n) is 2.00. The second-order valence-corrected chi connectivity index (χ2v) is 4.41. The monoisotopic (exact) mass is 366 g/mol. The van der Waals surface area contributed by atoms with E-state index >= 15 is 0 Å². The van der Waals surface area contributed by atoms with E-state index in [1.165, 1.54) is 5.56 Å². The van der Waals surface area contributed by atoms with Crippen molar-refractivity contribution in [2.45, 2.75) is 20.4 Å². The summed E-state index contributed by atoms with van der Waals surface area (Å²) in [4.78, 5) is 4.52. The van der Waals surface area contributed by atoms with Crippen molar-refractivity contribution in [3.05, 3.63) is 48.3 Å². The molecular formula is C15H15IN2O. The molecule has 3 rings (SSSR count). The minimum atomic E-state index is 0. The van der Waals surface area contributed by atoms with Crippen LogP contribution in [-0.2, 0) is 6.54 Å². The van der Waals surface area contributed by atoms with E-state index in [2.05, 4.69) is 29.6 Å². The summed E-state index contributed by atoms with van der Waals surface area (Å²) in [6.07, 6.45) is 4.09. The zero-order valence-corrected chi connectivity index (χ0v) is 13.1. The molecule has 3 nitrogen and oxygen atoms in total. The van der Waals surface area contributed by atoms with Crippen molar-refractivity contribution < 1.29 is 33.0 Å². The van der Waals surface area contributed by atoms with Crippen LogP contribution in [0.3, 0.4) is 0 Å². The van der Waals surface area contributed by atoms with E-state index in [0.717, 1.165) is 23.2 Å². The van der Waals surface area contributed by atoms with Gasteiger partial charge in [0, 0.05) is 6.07 Å². The molecule has 0 amide bonds. The summed E-state index contributed by atoms with van der Waals surface area (Å²) in [6.45, 7) is 5.10. The van der Waals surface area contributed by atoms with E-state index in [9.17, 15) is 0 Å². The van der Waals surface area contributed by atoms with Crippen molar-refractivity contribution in [2.24, 2.45) is 0 Å². The first-order chi connectivity index (χ1) is 8.76. The average molecular weight is 366 g/mol. The quantitative estimate of drug-likeness (QED) is 0.476. The number of nitrogens with zero attached hydrogens (tertiary/aromatic N) is 2. The van der Waals surface area contributed by atoms with Gasteiger partial charge in [-0.05, 0) is 37.6 Å². The number of halogens is 1. The Kier molecular flexibility index (Phi) is 4.19. The summed E-state index contributed by atoms with van der Waals surface area (Å²) in [5.41, 5.74) is 3.94. The highest BCUT2D eigenvalue weighted by molar-refractivity contribution is 5.76. The minimum Gasteiger partial charge on any atom is -1.00 e. The van der Waals surface area contributed by atoms with E-state index in [1.807, 2.05) is 36.5 Å². The van der Waals surface area contributed by atoms with Crippen molar-refractivity contribution in [2.75, 3.05) is 0 Å². The molecule has 3 aromatic rings. The highest BCUT2D eigenvalue weighted by atomic mass is 127. The van der Waals surface area contributed by atoms with Gasteiger partial charge in [-0.15, -0.1) is 0 Å². The lowest BCUT2D eigenvalue weighted by molar-refractivity contribution is -0.693. The van der Waals surface area contributed by atoms with E-state index in [-0.39, 0.29) is 24.0 Å². The summed E-state index contributed by atoms with van der Waals surface area (Å²) in [5.74, 6) is 0.679. The van der Waals surface area contributed by atoms with Crippen molar-refractivity contribution in [3.8, 4) is 11.5 Å². The Hall–Kier alpha value is -1.43. The van der Waals surface area contributed by atoms with Crippen LogP contribution in [0.4, 0.5) is 0 Å². The fourth-order valence-corrected chi connectivity index (χ4v) is 2.00. The molecule has 0 radical (unpaired) electrons. The van der Waals surface area contributed by atoms with Gasteiger partial charge in [-0.25, -0.2) is 9.55 Å². The molecule has 98 valence electrons. The summed E-state index contributed by atoms with van der Waals surface area (Å²) in [7, 11) is 0. The molecule has 0 atom stereocenters. The highest BCUT2D eigenvalue weighted by Gasteiger charge is 2.11. The lowest BCUT2D eigenvalue weighted by atomic mass is 10.2. The molecule has 0 N–H and O–H groups in total. The SMILES string of the molecule is CC[n+]1cccc(-c2nc3ccc(C)cc3o2)c1.[I-]. The van der Waals surface area contributed by atoms with Gasteiger partial charge >= 0.3 is 0 Å². The molecule has 2 aromatic heterocycles. The van der Waals surface area contributed by atoms with Crippen molar-refractivity contribution in [1.82, 2.24) is 4.98 Å². The molecule has 0 unspecified atom stereocenters. The minimum absolute atomic E-state index is 0. The molecule has 0 fully saturated rings. The first-order valence-electron chi connectivity index (χ1n) is 6.13. The Morgan fingerprint density at radius 2 is 2.11 bits per heavy atom. The maximum absolute atomic E-state index is 5.81. The second kappa shape index (κ2) is 5.69. The molecule has 0 saturated carbocycles. The van der Waals surface area contributed by atoms with Gasteiger partial charge in [0.1, 0.15) is 17.6 Å². The molecule has 0 saturated heterocycles. The summed E-state index contributed by atoms with van der Waals surface area (Å²) >= 11 is 0. The van der Waals surface area contributed by atoms with Crippen LogP contribution in [0.15, 0.2) is 47.1 Å². The smallest absolute Gasteiger partial charge is 0.233 e. The van der Waals surface area contributed by atoms with Gasteiger partial charge in [0.25, 0.3) is 0 Å². The highest BCUT2D eigenvalue weighted by Crippen LogP contribution is 2.23. The third-order valence-electron chi connectivity index (χ3n) is 3.01. The van der Waals surface area contributed by atoms with Gasteiger partial charge < -0.3 is 28.4 Å². The summed E-state index contributed by atoms with van der Waals surface area (Å²) in [5, 5.41) is 0. The lowest BCUT2D eigenvalue weighted by Gasteiger charge is -1.94. The van der Waals surface area contributed by atoms with Gasteiger partial charge in [-0.1, -0.05) is 6.07 Å². The maximum Gasteiger partial charge on any atom is 0.233 e. The second-order valence-electron chi connectivity index (χ2n) is 4.41. The molecule has 1 aromatic carbocycles. The number of aromatic nitrogens is 2. The standard InChI is InChI=1S/C15H15N2O.HI/c1-3-17-8-4-5-12(10-17)15-16-13-7-6-11(2)9-14(13)18-15;/h4-10H,3H2,1-2H3;1H/q+1;/p-1. The van der Waals surface area contributed by atoms with E-state index in [0.29, 0.717) is 5.89 Å². The van der Waals surface area contributed by atoms with Crippen molar-refractivity contribution in [3.63, 3.8) is 0 Å². The molecular weight excluding hydrogens is 351 g/mol. The molecule has 2 heterocycles. The van der Waals surface area contributed by atoms with Crippen LogP contribution in [0, 0.1) is 6.92 Å². The van der Waals surface area contributed by atoms with Gasteiger partial charge in [-0.3, -0.25) is 0 Å². The molecule has 4 heteroatoms. The number of benzene rings is 1. The van der Waals surface area contributed by atoms with Crippen LogP contribution in [0.1, 0.15) is 12.5 Å². The third-order valence-corrected chi connectivity index (χ3v) is 3.01. The number of rotatable bonds is 2. The van der Waals surface area contributed by atoms with Crippen LogP contribution in [0.5, 0.6) is 0 Å². The molecule has 19 heavy (non-hydrogen) atoms. The zero-order valence-electron chi connectivity index (χ0n) is 10.9. The Labute approximate surface area is 129 Å². The zero-order chi connectivity index (χ0) is 12.5. The summed E-state index contributed by atoms with van der Waals surface area (Å²) in [6, 6.07) is 10.1. The van der Waals surface area contributed by atoms with Crippen LogP contribution in [0.2, 0.25) is 0 Å². The normalized spacial score (nSPS) is 10.4. The van der Waals surface area contributed by atoms with Crippen molar-refractivity contribution in [1.29, 1.82) is 0 Å². The van der Waals surface area contributed by atoms with E-state index in [1.54, 1.807) is 0 Å². The van der Waals surface area contributed by atoms with Crippen LogP contribution < -0.4 is 28.5 Å². The van der Waals surface area contributed by atoms with E-state index < -0.39 is 0 Å². The summed E-state index contributed by atoms with van der Waals surface area (Å²) < 4.78 is 7.92. The molecule has 0 aliphatic carbocycles. The molecule has 0 aliphatic rings. The lowest BCUT2D eigenvalue weighted by Crippen LogP contribution is -3.00. The van der Waals surface area contributed by atoms with Gasteiger partial charge in [0.15, 0.2) is 18.0 Å². The topological polar surface area (TPSA) is 29.9 Å². The van der Waals surface area contributed by atoms with Crippen molar-refractivity contribution >= 4 is 11.1 Å². The number of hydrogen-bond donors (Lipinski definition) is 0. The third kappa shape index (κ3) is 2.78. The Balaban J connectivity index is 0.00000133. The van der Waals surface area contributed by atoms with Gasteiger partial charge in [-0.2, -0.15) is 0 Å². The largest absolute Gasteiger partial charge is 1.00 e. The Morgan fingerprint density at radius 3 is 2.89 bits per heavy atom. The predicted octanol–water partition coefficient (Wildman–Crippen LogP) is 0.115. The predicted molar refractivity (Wildman–Crippen MR) is 70.1 cm³/mol. The average Bonchev–Trinajstić information content (AvgIpc) is 2.81. The van der Waals surface area contributed by atoms with E-state index in [4.69, 9.17) is 4.42 Å². The Bertz CT molecular complexity index is 706. The van der Waals surface area contributed by atoms with Gasteiger partial charge in [0.05, 0.1) is 0 Å². The first-order valence-corrected chi connectivity index (χ1v) is 6.13. The Morgan fingerprint density at radius 1 is 1.26 bits per heavy atom. The van der Waals surface area contributed by atoms with Crippen LogP contribution in [0.25, 0.3) is 22.6 Å². The number of pyridine rings is 1. The first kappa shape index (κ1) is 14.0. The number of aryl methyl sites for hydroxylation is 2.